The van der Waals surface area contributed by atoms with Crippen LogP contribution < -0.4 is 21.0 Å². The molecule has 0 unspecified atom stereocenters. The monoisotopic (exact) mass is 547 g/mol. The summed E-state index contributed by atoms with van der Waals surface area (Å²) in [7, 11) is 3.21. The quantitative estimate of drug-likeness (QED) is 0.483. The van der Waals surface area contributed by atoms with Crippen molar-refractivity contribution in [3.8, 4) is 0 Å². The molecule has 1 N–H and O–H groups in total. The summed E-state index contributed by atoms with van der Waals surface area (Å²) >= 11 is 1.74. The van der Waals surface area contributed by atoms with Crippen molar-refractivity contribution in [1.29, 1.82) is 0 Å². The molecule has 3 heterocycles. The van der Waals surface area contributed by atoms with Crippen LogP contribution in [0.3, 0.4) is 0 Å². The molecule has 0 atom stereocenters. The Balaban J connectivity index is 1.14. The third-order valence-electron chi connectivity index (χ3n) is 8.39. The molecular formula is C29H33N5O4S. The summed E-state index contributed by atoms with van der Waals surface area (Å²) in [6.07, 6.45) is 2.35. The van der Waals surface area contributed by atoms with Crippen molar-refractivity contribution in [3.05, 3.63) is 74.9 Å². The molecule has 10 heteroatoms. The number of carboxylic acid groups (broad SMARTS) is 1. The fourth-order valence-electron chi connectivity index (χ4n) is 5.80. The highest BCUT2D eigenvalue weighted by atomic mass is 32.2. The van der Waals surface area contributed by atoms with Gasteiger partial charge in [-0.15, -0.1) is 0 Å². The number of aliphatic carboxylic acids is 1. The van der Waals surface area contributed by atoms with E-state index in [1.165, 1.54) is 17.6 Å². The van der Waals surface area contributed by atoms with E-state index in [0.717, 1.165) is 66.4 Å². The van der Waals surface area contributed by atoms with Gasteiger partial charge >= 0.3 is 11.7 Å². The van der Waals surface area contributed by atoms with Crippen LogP contribution in [-0.2, 0) is 24.3 Å². The number of piperazine rings is 1. The molecule has 2 aliphatic heterocycles. The zero-order valence-electron chi connectivity index (χ0n) is 22.3. The Morgan fingerprint density at radius 1 is 0.897 bits per heavy atom. The first kappa shape index (κ1) is 25.8. The van der Waals surface area contributed by atoms with Gasteiger partial charge in [-0.1, -0.05) is 30.0 Å². The molecule has 0 amide bonds. The van der Waals surface area contributed by atoms with Gasteiger partial charge in [0.25, 0.3) is 5.56 Å². The van der Waals surface area contributed by atoms with E-state index in [9.17, 15) is 19.5 Å². The summed E-state index contributed by atoms with van der Waals surface area (Å²) in [5.41, 5.74) is 1.85. The Bertz CT molecular complexity index is 1550. The van der Waals surface area contributed by atoms with Gasteiger partial charge in [-0.3, -0.25) is 23.6 Å². The highest BCUT2D eigenvalue weighted by Gasteiger charge is 2.52. The van der Waals surface area contributed by atoms with Gasteiger partial charge in [0.15, 0.2) is 0 Å². The molecule has 39 heavy (non-hydrogen) atoms. The maximum atomic E-state index is 12.4. The number of anilines is 3. The van der Waals surface area contributed by atoms with Crippen LogP contribution in [0.15, 0.2) is 67.9 Å². The normalized spacial score (nSPS) is 18.0. The second kappa shape index (κ2) is 9.91. The van der Waals surface area contributed by atoms with E-state index < -0.39 is 11.4 Å². The first-order valence-electron chi connectivity index (χ1n) is 13.5. The van der Waals surface area contributed by atoms with E-state index in [1.807, 2.05) is 6.07 Å². The lowest BCUT2D eigenvalue weighted by atomic mass is 9.95. The van der Waals surface area contributed by atoms with Crippen molar-refractivity contribution in [2.75, 3.05) is 49.1 Å². The van der Waals surface area contributed by atoms with Crippen LogP contribution in [-0.4, -0.2) is 64.4 Å². The fraction of sp³-hybridized carbons (Fsp3) is 0.414. The Kier molecular flexibility index (Phi) is 6.55. The standard InChI is InChI=1S/C29H33N5O4S/c1-30-25(19-26(35)31(2)28(30)38)33-16-14-32(15-17-33)12-5-13-34-21-6-3-4-7-23(21)39-24-9-8-20(18-22(24)34)29(10-11-29)27(36)37/h3-4,6-9,18-19H,5,10-17H2,1-2H3,(H,36,37). The van der Waals surface area contributed by atoms with Gasteiger partial charge < -0.3 is 14.9 Å². The molecule has 0 radical (unpaired) electrons. The van der Waals surface area contributed by atoms with Crippen molar-refractivity contribution in [2.45, 2.75) is 34.5 Å². The zero-order valence-corrected chi connectivity index (χ0v) is 23.1. The minimum Gasteiger partial charge on any atom is -0.481 e. The summed E-state index contributed by atoms with van der Waals surface area (Å²) in [6.45, 7) is 5.00. The third kappa shape index (κ3) is 4.55. The van der Waals surface area contributed by atoms with Gasteiger partial charge in [0.05, 0.1) is 16.8 Å². The van der Waals surface area contributed by atoms with Gasteiger partial charge in [0.2, 0.25) is 0 Å². The fourth-order valence-corrected chi connectivity index (χ4v) is 6.87. The van der Waals surface area contributed by atoms with Crippen LogP contribution in [0.25, 0.3) is 0 Å². The zero-order chi connectivity index (χ0) is 27.3. The minimum atomic E-state index is -0.729. The number of nitrogens with zero attached hydrogens (tertiary/aromatic N) is 5. The maximum absolute atomic E-state index is 12.4. The molecule has 6 rings (SSSR count). The van der Waals surface area contributed by atoms with Crippen molar-refractivity contribution in [1.82, 2.24) is 14.0 Å². The number of hydrogen-bond acceptors (Lipinski definition) is 7. The molecule has 1 saturated heterocycles. The SMILES string of the molecule is Cn1c(N2CCN(CCCN3c4ccccc4Sc4ccc(C5(C(=O)O)CC5)cc43)CC2)cc(=O)n(C)c1=O. The molecule has 2 aromatic carbocycles. The Morgan fingerprint density at radius 2 is 1.62 bits per heavy atom. The number of carbonyl (C=O) groups is 1. The Hall–Kier alpha value is -3.50. The molecule has 1 aromatic heterocycles. The van der Waals surface area contributed by atoms with Gasteiger partial charge in [-0.25, -0.2) is 4.79 Å². The van der Waals surface area contributed by atoms with Crippen LogP contribution in [0.4, 0.5) is 17.2 Å². The van der Waals surface area contributed by atoms with E-state index in [1.54, 1.807) is 29.4 Å². The molecule has 0 spiro atoms. The predicted octanol–water partition coefficient (Wildman–Crippen LogP) is 3.02. The van der Waals surface area contributed by atoms with Crippen molar-refractivity contribution < 1.29 is 9.90 Å². The Morgan fingerprint density at radius 3 is 2.33 bits per heavy atom. The number of rotatable bonds is 7. The maximum Gasteiger partial charge on any atom is 0.332 e. The lowest BCUT2D eigenvalue weighted by Gasteiger charge is -2.37. The molecule has 3 aliphatic rings. The van der Waals surface area contributed by atoms with E-state index in [-0.39, 0.29) is 11.2 Å². The molecule has 2 fully saturated rings. The Labute approximate surface area is 231 Å². The van der Waals surface area contributed by atoms with Crippen molar-refractivity contribution in [3.63, 3.8) is 0 Å². The molecular weight excluding hydrogens is 514 g/mol. The van der Waals surface area contributed by atoms with Gasteiger partial charge in [-0.05, 0) is 55.6 Å². The first-order valence-corrected chi connectivity index (χ1v) is 14.3. The number of benzene rings is 2. The summed E-state index contributed by atoms with van der Waals surface area (Å²) < 4.78 is 2.68. The first-order chi connectivity index (χ1) is 18.8. The number of carboxylic acids is 1. The number of hydrogen-bond donors (Lipinski definition) is 1. The van der Waals surface area contributed by atoms with Crippen LogP contribution in [0.5, 0.6) is 0 Å². The van der Waals surface area contributed by atoms with Crippen LogP contribution in [0.1, 0.15) is 24.8 Å². The van der Waals surface area contributed by atoms with E-state index >= 15 is 0 Å². The largest absolute Gasteiger partial charge is 0.481 e. The average molecular weight is 548 g/mol. The molecule has 1 aliphatic carbocycles. The lowest BCUT2D eigenvalue weighted by molar-refractivity contribution is -0.140. The van der Waals surface area contributed by atoms with Crippen molar-refractivity contribution in [2.24, 2.45) is 14.1 Å². The summed E-state index contributed by atoms with van der Waals surface area (Å²) in [4.78, 5) is 45.8. The van der Waals surface area contributed by atoms with Crippen LogP contribution in [0, 0.1) is 0 Å². The molecule has 0 bridgehead atoms. The number of fused-ring (bicyclic) bond motifs is 2. The summed E-state index contributed by atoms with van der Waals surface area (Å²) in [5, 5.41) is 9.86. The molecule has 9 nitrogen and oxygen atoms in total. The van der Waals surface area contributed by atoms with E-state index in [4.69, 9.17) is 0 Å². The van der Waals surface area contributed by atoms with Crippen LogP contribution >= 0.6 is 11.8 Å². The van der Waals surface area contributed by atoms with Crippen LogP contribution in [0.2, 0.25) is 0 Å². The summed E-state index contributed by atoms with van der Waals surface area (Å²) in [6, 6.07) is 16.1. The van der Waals surface area contributed by atoms with E-state index in [0.29, 0.717) is 18.7 Å². The molecule has 1 saturated carbocycles. The predicted molar refractivity (Wildman–Crippen MR) is 153 cm³/mol. The van der Waals surface area contributed by atoms with E-state index in [2.05, 4.69) is 51.1 Å². The highest BCUT2D eigenvalue weighted by Crippen LogP contribution is 2.53. The molecule has 204 valence electrons. The molecule has 3 aromatic rings. The average Bonchev–Trinajstić information content (AvgIpc) is 3.76. The second-order valence-corrected chi connectivity index (χ2v) is 11.8. The van der Waals surface area contributed by atoms with Gasteiger partial charge in [0, 0.05) is 62.7 Å². The number of para-hydroxylation sites is 1. The number of aromatic nitrogens is 2. The van der Waals surface area contributed by atoms with Crippen molar-refractivity contribution >= 4 is 34.9 Å². The highest BCUT2D eigenvalue weighted by molar-refractivity contribution is 7.99. The third-order valence-corrected chi connectivity index (χ3v) is 9.52. The van der Waals surface area contributed by atoms with Gasteiger partial charge in [0.1, 0.15) is 5.82 Å². The second-order valence-electron chi connectivity index (χ2n) is 10.7. The topological polar surface area (TPSA) is 91.0 Å². The minimum absolute atomic E-state index is 0.282. The summed E-state index contributed by atoms with van der Waals surface area (Å²) in [5.74, 6) is -0.0553. The van der Waals surface area contributed by atoms with Gasteiger partial charge in [-0.2, -0.15) is 0 Å². The smallest absolute Gasteiger partial charge is 0.332 e. The lowest BCUT2D eigenvalue weighted by Crippen LogP contribution is -2.49.